The molecular formula is C28H28N4O4S2. The molecule has 196 valence electrons. The number of anilines is 1. The molecule has 3 heterocycles. The quantitative estimate of drug-likeness (QED) is 0.308. The van der Waals surface area contributed by atoms with Gasteiger partial charge in [-0.3, -0.25) is 20.0 Å². The van der Waals surface area contributed by atoms with Crippen molar-refractivity contribution in [3.8, 4) is 22.8 Å². The topological polar surface area (TPSA) is 101 Å². The highest BCUT2D eigenvalue weighted by atomic mass is 32.2. The number of benzene rings is 2. The molecule has 1 fully saturated rings. The zero-order valence-corrected chi connectivity index (χ0v) is 22.8. The number of carbonyl (C=O) groups is 1. The Bertz CT molecular complexity index is 1560. The molecule has 0 atom stereocenters. The molecule has 5 rings (SSSR count). The summed E-state index contributed by atoms with van der Waals surface area (Å²) < 4.78 is 29.6. The average Bonchev–Trinajstić information content (AvgIpc) is 3.56. The first-order valence-corrected chi connectivity index (χ1v) is 15.0. The first-order valence-electron chi connectivity index (χ1n) is 12.3. The van der Waals surface area contributed by atoms with Crippen molar-refractivity contribution in [1.29, 1.82) is 0 Å². The van der Waals surface area contributed by atoms with Crippen molar-refractivity contribution in [3.63, 3.8) is 0 Å². The number of amides is 1. The molecule has 0 spiro atoms. The minimum atomic E-state index is -3.32. The first-order chi connectivity index (χ1) is 18.2. The molecule has 4 aromatic rings. The lowest BCUT2D eigenvalue weighted by Crippen LogP contribution is -2.18. The zero-order valence-electron chi connectivity index (χ0n) is 21.2. The van der Waals surface area contributed by atoms with Gasteiger partial charge in [-0.1, -0.05) is 6.07 Å². The van der Waals surface area contributed by atoms with Crippen LogP contribution in [0, 0.1) is 6.92 Å². The van der Waals surface area contributed by atoms with Crippen molar-refractivity contribution in [2.75, 3.05) is 24.7 Å². The van der Waals surface area contributed by atoms with Gasteiger partial charge in [-0.15, -0.1) is 11.3 Å². The summed E-state index contributed by atoms with van der Waals surface area (Å²) in [7, 11) is -3.32. The maximum absolute atomic E-state index is 13.3. The smallest absolute Gasteiger partial charge is 0.257 e. The number of hydrogen-bond acceptors (Lipinski definition) is 8. The van der Waals surface area contributed by atoms with Crippen LogP contribution >= 0.6 is 11.3 Å². The van der Waals surface area contributed by atoms with Gasteiger partial charge in [0.25, 0.3) is 5.91 Å². The van der Waals surface area contributed by atoms with Crippen molar-refractivity contribution in [2.24, 2.45) is 0 Å². The van der Waals surface area contributed by atoms with Gasteiger partial charge in [-0.2, -0.15) is 0 Å². The molecule has 1 aliphatic heterocycles. The average molecular weight is 549 g/mol. The van der Waals surface area contributed by atoms with Crippen molar-refractivity contribution in [3.05, 3.63) is 83.0 Å². The number of aryl methyl sites for hydroxylation is 1. The van der Waals surface area contributed by atoms with E-state index >= 15 is 0 Å². The second-order valence-corrected chi connectivity index (χ2v) is 12.2. The lowest BCUT2D eigenvalue weighted by molar-refractivity contribution is 0.102. The summed E-state index contributed by atoms with van der Waals surface area (Å²) in [5, 5.41) is 5.45. The molecule has 2 aromatic carbocycles. The van der Waals surface area contributed by atoms with E-state index in [1.807, 2.05) is 30.5 Å². The number of sulfone groups is 1. The fourth-order valence-corrected chi connectivity index (χ4v) is 5.71. The van der Waals surface area contributed by atoms with Crippen molar-refractivity contribution in [2.45, 2.75) is 31.2 Å². The summed E-state index contributed by atoms with van der Waals surface area (Å²) in [6.07, 6.45) is 5.29. The van der Waals surface area contributed by atoms with Crippen molar-refractivity contribution < 1.29 is 17.9 Å². The van der Waals surface area contributed by atoms with Crippen molar-refractivity contribution >= 4 is 32.2 Å². The molecule has 1 N–H and O–H groups in total. The van der Waals surface area contributed by atoms with Crippen LogP contribution in [0.1, 0.15) is 34.5 Å². The molecule has 10 heteroatoms. The van der Waals surface area contributed by atoms with E-state index in [2.05, 4.69) is 20.2 Å². The number of ether oxygens (including phenoxy) is 1. The predicted octanol–water partition coefficient (Wildman–Crippen LogP) is 5.56. The van der Waals surface area contributed by atoms with Crippen LogP contribution in [0.15, 0.2) is 71.1 Å². The van der Waals surface area contributed by atoms with E-state index in [1.54, 1.807) is 30.5 Å². The fourth-order valence-electron chi connectivity index (χ4n) is 4.38. The van der Waals surface area contributed by atoms with Crippen molar-refractivity contribution in [1.82, 2.24) is 14.9 Å². The van der Waals surface area contributed by atoms with E-state index in [4.69, 9.17) is 4.74 Å². The van der Waals surface area contributed by atoms with Gasteiger partial charge in [0.05, 0.1) is 16.3 Å². The monoisotopic (exact) mass is 548 g/mol. The molecule has 0 bridgehead atoms. The van der Waals surface area contributed by atoms with E-state index in [1.165, 1.54) is 36.3 Å². The summed E-state index contributed by atoms with van der Waals surface area (Å²) in [5.74, 6) is 0.573. The number of likely N-dealkylation sites (tertiary alicyclic amines) is 1. The van der Waals surface area contributed by atoms with E-state index in [-0.39, 0.29) is 10.8 Å². The molecule has 1 aliphatic rings. The molecular weight excluding hydrogens is 520 g/mol. The number of pyridine rings is 1. The second-order valence-electron chi connectivity index (χ2n) is 9.34. The first kappa shape index (κ1) is 26.0. The summed E-state index contributed by atoms with van der Waals surface area (Å²) in [6.45, 7) is 4.91. The Labute approximate surface area is 226 Å². The lowest BCUT2D eigenvalue weighted by atomic mass is 10.0. The van der Waals surface area contributed by atoms with Crippen LogP contribution in [0.25, 0.3) is 11.3 Å². The highest BCUT2D eigenvalue weighted by Gasteiger charge is 2.17. The van der Waals surface area contributed by atoms with Gasteiger partial charge >= 0.3 is 0 Å². The highest BCUT2D eigenvalue weighted by molar-refractivity contribution is 7.90. The van der Waals surface area contributed by atoms with Crippen LogP contribution in [0.2, 0.25) is 0 Å². The number of carbonyl (C=O) groups excluding carboxylic acids is 1. The molecule has 0 saturated carbocycles. The normalized spacial score (nSPS) is 13.9. The number of thiazole rings is 1. The number of aromatic nitrogens is 2. The summed E-state index contributed by atoms with van der Waals surface area (Å²) in [6, 6.07) is 15.2. The number of rotatable bonds is 8. The number of nitrogens with one attached hydrogen (secondary N) is 1. The Hall–Kier alpha value is -3.60. The van der Waals surface area contributed by atoms with Crippen LogP contribution in [-0.4, -0.2) is 48.5 Å². The van der Waals surface area contributed by atoms with Gasteiger partial charge in [-0.05, 0) is 86.9 Å². The lowest BCUT2D eigenvalue weighted by Gasteiger charge is -2.13. The molecule has 0 radical (unpaired) electrons. The van der Waals surface area contributed by atoms with Crippen LogP contribution in [0.4, 0.5) is 5.13 Å². The third-order valence-electron chi connectivity index (χ3n) is 6.30. The van der Waals surface area contributed by atoms with E-state index in [0.29, 0.717) is 22.2 Å². The highest BCUT2D eigenvalue weighted by Crippen LogP contribution is 2.31. The van der Waals surface area contributed by atoms with Crippen LogP contribution < -0.4 is 10.1 Å². The summed E-state index contributed by atoms with van der Waals surface area (Å²) in [5.41, 5.74) is 3.77. The molecule has 2 aromatic heterocycles. The van der Waals surface area contributed by atoms with Crippen LogP contribution in [0.5, 0.6) is 11.5 Å². The fraction of sp³-hybridized carbons (Fsp3) is 0.250. The second kappa shape index (κ2) is 11.0. The predicted molar refractivity (Wildman–Crippen MR) is 149 cm³/mol. The maximum atomic E-state index is 13.3. The van der Waals surface area contributed by atoms with E-state index in [0.717, 1.165) is 48.4 Å². The van der Waals surface area contributed by atoms with Gasteiger partial charge < -0.3 is 4.74 Å². The Morgan fingerprint density at radius 1 is 1.08 bits per heavy atom. The zero-order chi connectivity index (χ0) is 26.7. The standard InChI is InChI=1S/C28H28N4O4S2/c1-19-6-5-11-29-26(19)20-14-21(16-24(15-20)36-23-7-9-25(10-8-23)38(2,34)35)27(33)31-28-30-22(18-37-28)17-32-12-3-4-13-32/h5-11,14-16,18H,3-4,12-13,17H2,1-2H3,(H,30,31,33). The third-order valence-corrected chi connectivity index (χ3v) is 8.23. The molecule has 0 aliphatic carbocycles. The molecule has 0 unspecified atom stereocenters. The van der Waals surface area contributed by atoms with Gasteiger partial charge in [0.2, 0.25) is 0 Å². The number of hydrogen-bond donors (Lipinski definition) is 1. The van der Waals surface area contributed by atoms with Gasteiger partial charge in [0.15, 0.2) is 15.0 Å². The summed E-state index contributed by atoms with van der Waals surface area (Å²) >= 11 is 1.41. The van der Waals surface area contributed by atoms with Gasteiger partial charge in [0.1, 0.15) is 11.5 Å². The van der Waals surface area contributed by atoms with E-state index in [9.17, 15) is 13.2 Å². The van der Waals surface area contributed by atoms with Crippen LogP contribution in [0.3, 0.4) is 0 Å². The van der Waals surface area contributed by atoms with Gasteiger partial charge in [0, 0.05) is 35.5 Å². The molecule has 38 heavy (non-hydrogen) atoms. The molecule has 1 amide bonds. The minimum absolute atomic E-state index is 0.204. The molecule has 1 saturated heterocycles. The maximum Gasteiger partial charge on any atom is 0.257 e. The van der Waals surface area contributed by atoms with Crippen LogP contribution in [-0.2, 0) is 16.4 Å². The Morgan fingerprint density at radius 2 is 1.84 bits per heavy atom. The number of nitrogens with zero attached hydrogens (tertiary/aromatic N) is 3. The summed E-state index contributed by atoms with van der Waals surface area (Å²) in [4.78, 5) is 25.0. The molecule has 8 nitrogen and oxygen atoms in total. The van der Waals surface area contributed by atoms with Gasteiger partial charge in [-0.25, -0.2) is 13.4 Å². The Balaban J connectivity index is 1.41. The minimum Gasteiger partial charge on any atom is -0.457 e. The Kier molecular flexibility index (Phi) is 7.55. The Morgan fingerprint density at radius 3 is 2.55 bits per heavy atom. The van der Waals surface area contributed by atoms with E-state index < -0.39 is 9.84 Å². The SMILES string of the molecule is Cc1cccnc1-c1cc(Oc2ccc(S(C)(=O)=O)cc2)cc(C(=O)Nc2nc(CN3CCCC3)cs2)c1. The largest absolute Gasteiger partial charge is 0.457 e. The third kappa shape index (κ3) is 6.27.